The summed E-state index contributed by atoms with van der Waals surface area (Å²) in [5, 5.41) is 0. The van der Waals surface area contributed by atoms with Gasteiger partial charge < -0.3 is 0 Å². The molecule has 2 aromatic heterocycles. The average Bonchev–Trinajstić information content (AvgIpc) is 3.60. The van der Waals surface area contributed by atoms with Crippen LogP contribution in [0.5, 0.6) is 0 Å². The van der Waals surface area contributed by atoms with Crippen molar-refractivity contribution < 1.29 is 0 Å². The first-order chi connectivity index (χ1) is 31.4. The van der Waals surface area contributed by atoms with Crippen molar-refractivity contribution >= 4 is 0 Å². The van der Waals surface area contributed by atoms with Crippen LogP contribution in [0, 0.1) is 0 Å². The van der Waals surface area contributed by atoms with Crippen LogP contribution < -0.4 is 0 Å². The van der Waals surface area contributed by atoms with Gasteiger partial charge in [0.25, 0.3) is 0 Å². The summed E-state index contributed by atoms with van der Waals surface area (Å²) in [7, 11) is 0. The number of hydrogen-bond donors (Lipinski definition) is 0. The largest absolute Gasteiger partial charge is 0.255 e. The van der Waals surface area contributed by atoms with E-state index in [0.717, 1.165) is 40.8 Å². The first kappa shape index (κ1) is 45.8. The minimum Gasteiger partial charge on any atom is -0.255 e. The third kappa shape index (κ3) is 10.1. The van der Waals surface area contributed by atoms with Crippen LogP contribution in [0.4, 0.5) is 0 Å². The molecule has 0 aliphatic heterocycles. The lowest BCUT2D eigenvalue weighted by atomic mass is 9.68. The highest BCUT2D eigenvalue weighted by Crippen LogP contribution is 2.56. The summed E-state index contributed by atoms with van der Waals surface area (Å²) in [5.74, 6) is 1.92. The minimum atomic E-state index is -0.236. The van der Waals surface area contributed by atoms with Crippen LogP contribution in [0.3, 0.4) is 0 Å². The Hall–Kier alpha value is -5.74. The van der Waals surface area contributed by atoms with Gasteiger partial charge in [0.2, 0.25) is 0 Å². The maximum atomic E-state index is 5.17. The number of nitrogens with zero attached hydrogens (tertiary/aromatic N) is 4. The van der Waals surface area contributed by atoms with Gasteiger partial charge in [-0.2, -0.15) is 0 Å². The lowest BCUT2D eigenvalue weighted by Crippen LogP contribution is -2.27. The van der Waals surface area contributed by atoms with Crippen molar-refractivity contribution in [2.45, 2.75) is 149 Å². The first-order valence-corrected chi connectivity index (χ1v) is 24.7. The van der Waals surface area contributed by atoms with Gasteiger partial charge in [0, 0.05) is 33.9 Å². The fraction of sp³-hybridized carbons (Fsp3) is 0.377. The van der Waals surface area contributed by atoms with E-state index in [1.54, 1.807) is 0 Å². The average molecular weight is 859 g/mol. The molecule has 5 aromatic carbocycles. The lowest BCUT2D eigenvalue weighted by Gasteiger charge is -2.34. The van der Waals surface area contributed by atoms with E-state index in [4.69, 9.17) is 19.9 Å². The Bertz CT molecular complexity index is 2600. The van der Waals surface area contributed by atoms with E-state index in [9.17, 15) is 0 Å². The number of pyridine rings is 1. The van der Waals surface area contributed by atoms with Crippen molar-refractivity contribution in [3.05, 3.63) is 167 Å². The molecule has 0 amide bonds. The Labute approximate surface area is 390 Å². The molecule has 65 heavy (non-hydrogen) atoms. The molecule has 4 heteroatoms. The summed E-state index contributed by atoms with van der Waals surface area (Å²) in [6, 6.07) is 47.5. The van der Waals surface area contributed by atoms with E-state index in [1.807, 2.05) is 6.20 Å². The van der Waals surface area contributed by atoms with Gasteiger partial charge in [0.1, 0.15) is 0 Å². The standard InChI is InChI=1S/C61H70N4/c1-9-11-13-15-16-20-39-61(50-24-21-23-43(40-50)22-17-14-12-10-2)53-26-19-18-25-51(53)52-37-31-46(41-54(52)61)55-38-32-47(42-62-55)58-64-56(44-27-33-48(34-28-44)59(3,4)5)63-57(65-58)45-29-35-49(36-30-45)60(6,7)8/h18-19,21,23-38,40-42H,9-17,20,22,39H2,1-8H3. The molecular weight excluding hydrogens is 789 g/mol. The van der Waals surface area contributed by atoms with Crippen LogP contribution in [0.2, 0.25) is 0 Å². The predicted octanol–water partition coefficient (Wildman–Crippen LogP) is 16.7. The van der Waals surface area contributed by atoms with Crippen molar-refractivity contribution in [3.63, 3.8) is 0 Å². The van der Waals surface area contributed by atoms with Crippen LogP contribution in [0.25, 0.3) is 56.5 Å². The number of benzene rings is 5. The summed E-state index contributed by atoms with van der Waals surface area (Å²) >= 11 is 0. The molecular formula is C61H70N4. The normalized spacial score (nSPS) is 14.6. The number of aromatic nitrogens is 4. The topological polar surface area (TPSA) is 51.6 Å². The Morgan fingerprint density at radius 2 is 0.985 bits per heavy atom. The van der Waals surface area contributed by atoms with Crippen molar-refractivity contribution in [1.29, 1.82) is 0 Å². The highest BCUT2D eigenvalue weighted by molar-refractivity contribution is 5.86. The van der Waals surface area contributed by atoms with E-state index < -0.39 is 0 Å². The zero-order valence-electron chi connectivity index (χ0n) is 40.5. The molecule has 4 nitrogen and oxygen atoms in total. The Morgan fingerprint density at radius 1 is 0.446 bits per heavy atom. The summed E-state index contributed by atoms with van der Waals surface area (Å²) in [6.45, 7) is 18.0. The number of rotatable bonds is 17. The van der Waals surface area contributed by atoms with Gasteiger partial charge in [-0.1, -0.05) is 222 Å². The molecule has 334 valence electrons. The maximum absolute atomic E-state index is 5.17. The summed E-state index contributed by atoms with van der Waals surface area (Å²) < 4.78 is 0. The fourth-order valence-electron chi connectivity index (χ4n) is 9.87. The molecule has 0 radical (unpaired) electrons. The molecule has 8 rings (SSSR count). The van der Waals surface area contributed by atoms with Gasteiger partial charge in [-0.25, -0.2) is 15.0 Å². The van der Waals surface area contributed by atoms with Crippen LogP contribution in [-0.2, 0) is 22.7 Å². The van der Waals surface area contributed by atoms with Gasteiger partial charge in [0.05, 0.1) is 5.69 Å². The molecule has 0 saturated carbocycles. The van der Waals surface area contributed by atoms with Crippen molar-refractivity contribution in [2.75, 3.05) is 0 Å². The number of hydrogen-bond acceptors (Lipinski definition) is 4. The highest BCUT2D eigenvalue weighted by Gasteiger charge is 2.44. The number of fused-ring (bicyclic) bond motifs is 3. The SMILES string of the molecule is CCCCCCCCC1(c2cccc(CCCCCC)c2)c2ccccc2-c2ccc(-c3ccc(-c4nc(-c5ccc(C(C)(C)C)cc5)nc(-c5ccc(C(C)(C)C)cc5)n4)cn3)cc21. The fourth-order valence-corrected chi connectivity index (χ4v) is 9.87. The van der Waals surface area contributed by atoms with Gasteiger partial charge in [0.15, 0.2) is 17.5 Å². The first-order valence-electron chi connectivity index (χ1n) is 24.7. The van der Waals surface area contributed by atoms with E-state index in [2.05, 4.69) is 183 Å². The smallest absolute Gasteiger partial charge is 0.165 e. The van der Waals surface area contributed by atoms with Crippen LogP contribution in [0.1, 0.15) is 159 Å². The van der Waals surface area contributed by atoms with Gasteiger partial charge in [-0.15, -0.1) is 0 Å². The molecule has 0 bridgehead atoms. The molecule has 2 heterocycles. The molecule has 1 aliphatic carbocycles. The monoisotopic (exact) mass is 859 g/mol. The van der Waals surface area contributed by atoms with Crippen LogP contribution in [0.15, 0.2) is 134 Å². The summed E-state index contributed by atoms with van der Waals surface area (Å²) in [5.41, 5.74) is 15.7. The Morgan fingerprint density at radius 3 is 1.58 bits per heavy atom. The number of unbranched alkanes of at least 4 members (excludes halogenated alkanes) is 8. The molecule has 0 N–H and O–H groups in total. The second kappa shape index (κ2) is 19.8. The quantitative estimate of drug-likeness (QED) is 0.0856. The second-order valence-electron chi connectivity index (χ2n) is 20.6. The molecule has 0 spiro atoms. The van der Waals surface area contributed by atoms with Crippen molar-refractivity contribution in [2.24, 2.45) is 0 Å². The lowest BCUT2D eigenvalue weighted by molar-refractivity contribution is 0.506. The van der Waals surface area contributed by atoms with Gasteiger partial charge in [-0.05, 0) is 92.8 Å². The predicted molar refractivity (Wildman–Crippen MR) is 274 cm³/mol. The van der Waals surface area contributed by atoms with Crippen molar-refractivity contribution in [3.8, 4) is 56.5 Å². The molecule has 1 aliphatic rings. The van der Waals surface area contributed by atoms with E-state index in [1.165, 1.54) is 109 Å². The molecule has 1 unspecified atom stereocenters. The molecule has 0 saturated heterocycles. The third-order valence-electron chi connectivity index (χ3n) is 13.8. The van der Waals surface area contributed by atoms with Crippen molar-refractivity contribution in [1.82, 2.24) is 19.9 Å². The molecule has 1 atom stereocenters. The van der Waals surface area contributed by atoms with E-state index in [0.29, 0.717) is 17.5 Å². The maximum Gasteiger partial charge on any atom is 0.165 e. The minimum absolute atomic E-state index is 0.0486. The van der Waals surface area contributed by atoms with Gasteiger partial charge >= 0.3 is 0 Å². The second-order valence-corrected chi connectivity index (χ2v) is 20.6. The summed E-state index contributed by atoms with van der Waals surface area (Å²) in [6.07, 6.45) is 16.9. The molecule has 0 fully saturated rings. The Kier molecular flexibility index (Phi) is 13.9. The van der Waals surface area contributed by atoms with Gasteiger partial charge in [-0.3, -0.25) is 4.98 Å². The third-order valence-corrected chi connectivity index (χ3v) is 13.8. The van der Waals surface area contributed by atoms with E-state index >= 15 is 0 Å². The Balaban J connectivity index is 1.18. The van der Waals surface area contributed by atoms with Crippen LogP contribution >= 0.6 is 0 Å². The number of aryl methyl sites for hydroxylation is 1. The molecule has 7 aromatic rings. The zero-order chi connectivity index (χ0) is 45.6. The summed E-state index contributed by atoms with van der Waals surface area (Å²) in [4.78, 5) is 20.4. The zero-order valence-corrected chi connectivity index (χ0v) is 40.5. The van der Waals surface area contributed by atoms with Crippen LogP contribution in [-0.4, -0.2) is 19.9 Å². The van der Waals surface area contributed by atoms with E-state index in [-0.39, 0.29) is 16.2 Å². The highest BCUT2D eigenvalue weighted by atomic mass is 15.0.